The van der Waals surface area contributed by atoms with Crippen molar-refractivity contribution in [2.75, 3.05) is 6.54 Å². The zero-order valence-corrected chi connectivity index (χ0v) is 10.4. The van der Waals surface area contributed by atoms with Crippen LogP contribution >= 0.6 is 0 Å². The van der Waals surface area contributed by atoms with Gasteiger partial charge in [-0.05, 0) is 45.6 Å². The van der Waals surface area contributed by atoms with E-state index in [9.17, 15) is 0 Å². The fraction of sp³-hybridized carbons (Fsp3) is 0.769. The number of imidazole rings is 1. The summed E-state index contributed by atoms with van der Waals surface area (Å²) in [5.74, 6) is 2.10. The lowest BCUT2D eigenvalue weighted by molar-refractivity contribution is 0.307. The number of aromatic nitrogens is 2. The van der Waals surface area contributed by atoms with Crippen molar-refractivity contribution in [1.82, 2.24) is 14.9 Å². The Morgan fingerprint density at radius 1 is 1.50 bits per heavy atom. The lowest BCUT2D eigenvalue weighted by atomic mass is 9.91. The van der Waals surface area contributed by atoms with Gasteiger partial charge in [0.15, 0.2) is 0 Å². The van der Waals surface area contributed by atoms with Crippen LogP contribution in [-0.4, -0.2) is 22.1 Å². The first-order valence-electron chi connectivity index (χ1n) is 6.53. The maximum atomic E-state index is 4.43. The number of hydrogen-bond acceptors (Lipinski definition) is 2. The lowest BCUT2D eigenvalue weighted by Crippen LogP contribution is -2.37. The SMILES string of the molecule is CCn1ccnc1CCC1CCC(C)NC1. The normalized spacial score (nSPS) is 25.9. The van der Waals surface area contributed by atoms with Gasteiger partial charge in [-0.25, -0.2) is 4.98 Å². The van der Waals surface area contributed by atoms with Gasteiger partial charge in [0.05, 0.1) is 0 Å². The largest absolute Gasteiger partial charge is 0.335 e. The summed E-state index contributed by atoms with van der Waals surface area (Å²) in [6, 6.07) is 0.717. The summed E-state index contributed by atoms with van der Waals surface area (Å²) < 4.78 is 2.25. The smallest absolute Gasteiger partial charge is 0.108 e. The van der Waals surface area contributed by atoms with Gasteiger partial charge >= 0.3 is 0 Å². The maximum Gasteiger partial charge on any atom is 0.108 e. The highest BCUT2D eigenvalue weighted by molar-refractivity contribution is 4.93. The highest BCUT2D eigenvalue weighted by Crippen LogP contribution is 2.19. The Morgan fingerprint density at radius 3 is 3.06 bits per heavy atom. The van der Waals surface area contributed by atoms with Crippen molar-refractivity contribution >= 4 is 0 Å². The van der Waals surface area contributed by atoms with E-state index in [2.05, 4.69) is 34.9 Å². The third-order valence-electron chi connectivity index (χ3n) is 3.68. The molecule has 2 rings (SSSR count). The molecule has 0 spiro atoms. The Morgan fingerprint density at radius 2 is 2.38 bits per heavy atom. The molecule has 2 unspecified atom stereocenters. The van der Waals surface area contributed by atoms with Crippen molar-refractivity contribution in [3.8, 4) is 0 Å². The fourth-order valence-corrected chi connectivity index (χ4v) is 2.49. The molecular formula is C13H23N3. The van der Waals surface area contributed by atoms with Crippen molar-refractivity contribution in [2.45, 2.75) is 52.1 Å². The molecule has 0 bridgehead atoms. The van der Waals surface area contributed by atoms with Crippen LogP contribution in [0.25, 0.3) is 0 Å². The molecule has 0 radical (unpaired) electrons. The van der Waals surface area contributed by atoms with Gasteiger partial charge in [-0.2, -0.15) is 0 Å². The Hall–Kier alpha value is -0.830. The second-order valence-electron chi connectivity index (χ2n) is 4.92. The molecule has 2 heterocycles. The second kappa shape index (κ2) is 5.48. The van der Waals surface area contributed by atoms with E-state index in [1.807, 2.05) is 6.20 Å². The molecule has 1 aliphatic heterocycles. The van der Waals surface area contributed by atoms with Crippen molar-refractivity contribution in [3.05, 3.63) is 18.2 Å². The van der Waals surface area contributed by atoms with Gasteiger partial charge in [-0.3, -0.25) is 0 Å². The molecule has 90 valence electrons. The predicted molar refractivity (Wildman–Crippen MR) is 66.4 cm³/mol. The average Bonchev–Trinajstić information content (AvgIpc) is 2.76. The molecule has 0 saturated carbocycles. The molecule has 1 aromatic rings. The standard InChI is InChI=1S/C13H23N3/c1-3-16-9-8-14-13(16)7-6-12-5-4-11(2)15-10-12/h8-9,11-12,15H,3-7,10H2,1-2H3. The van der Waals surface area contributed by atoms with Gasteiger partial charge in [0.1, 0.15) is 5.82 Å². The number of nitrogens with zero attached hydrogens (tertiary/aromatic N) is 2. The summed E-state index contributed by atoms with van der Waals surface area (Å²) in [6.07, 6.45) is 9.10. The highest BCUT2D eigenvalue weighted by atomic mass is 15.0. The summed E-state index contributed by atoms with van der Waals surface area (Å²) in [6.45, 7) is 6.68. The van der Waals surface area contributed by atoms with Gasteiger partial charge in [-0.1, -0.05) is 0 Å². The molecule has 1 aromatic heterocycles. The van der Waals surface area contributed by atoms with E-state index in [-0.39, 0.29) is 0 Å². The molecule has 1 aliphatic rings. The molecule has 1 fully saturated rings. The van der Waals surface area contributed by atoms with E-state index >= 15 is 0 Å². The van der Waals surface area contributed by atoms with Crippen LogP contribution in [0.4, 0.5) is 0 Å². The summed E-state index contributed by atoms with van der Waals surface area (Å²) in [7, 11) is 0. The van der Waals surface area contributed by atoms with Crippen LogP contribution < -0.4 is 5.32 Å². The summed E-state index contributed by atoms with van der Waals surface area (Å²) >= 11 is 0. The number of hydrogen-bond donors (Lipinski definition) is 1. The minimum atomic E-state index is 0.717. The van der Waals surface area contributed by atoms with E-state index in [1.165, 1.54) is 31.6 Å². The number of aryl methyl sites for hydroxylation is 2. The molecular weight excluding hydrogens is 198 g/mol. The number of nitrogens with one attached hydrogen (secondary N) is 1. The molecule has 3 heteroatoms. The second-order valence-corrected chi connectivity index (χ2v) is 4.92. The minimum Gasteiger partial charge on any atom is -0.335 e. The average molecular weight is 221 g/mol. The van der Waals surface area contributed by atoms with Crippen LogP contribution in [-0.2, 0) is 13.0 Å². The molecule has 2 atom stereocenters. The highest BCUT2D eigenvalue weighted by Gasteiger charge is 2.17. The van der Waals surface area contributed by atoms with Gasteiger partial charge < -0.3 is 9.88 Å². The van der Waals surface area contributed by atoms with E-state index < -0.39 is 0 Å². The summed E-state index contributed by atoms with van der Waals surface area (Å²) in [5, 5.41) is 3.56. The molecule has 0 aliphatic carbocycles. The van der Waals surface area contributed by atoms with E-state index in [0.717, 1.165) is 18.9 Å². The molecule has 3 nitrogen and oxygen atoms in total. The van der Waals surface area contributed by atoms with Gasteiger partial charge in [-0.15, -0.1) is 0 Å². The Kier molecular flexibility index (Phi) is 3.99. The van der Waals surface area contributed by atoms with Crippen molar-refractivity contribution < 1.29 is 0 Å². The fourth-order valence-electron chi connectivity index (χ4n) is 2.49. The van der Waals surface area contributed by atoms with Crippen LogP contribution in [0.15, 0.2) is 12.4 Å². The zero-order chi connectivity index (χ0) is 11.4. The van der Waals surface area contributed by atoms with Crippen molar-refractivity contribution in [1.29, 1.82) is 0 Å². The predicted octanol–water partition coefficient (Wildman–Crippen LogP) is 2.22. The number of piperidine rings is 1. The van der Waals surface area contributed by atoms with Crippen molar-refractivity contribution in [2.24, 2.45) is 5.92 Å². The first-order chi connectivity index (χ1) is 7.79. The van der Waals surface area contributed by atoms with Gasteiger partial charge in [0.2, 0.25) is 0 Å². The van der Waals surface area contributed by atoms with E-state index in [1.54, 1.807) is 0 Å². The molecule has 0 amide bonds. The quantitative estimate of drug-likeness (QED) is 0.845. The molecule has 0 aromatic carbocycles. The van der Waals surface area contributed by atoms with Crippen LogP contribution in [0.3, 0.4) is 0 Å². The van der Waals surface area contributed by atoms with E-state index in [4.69, 9.17) is 0 Å². The molecule has 1 saturated heterocycles. The zero-order valence-electron chi connectivity index (χ0n) is 10.4. The summed E-state index contributed by atoms with van der Waals surface area (Å²) in [5.41, 5.74) is 0. The monoisotopic (exact) mass is 221 g/mol. The topological polar surface area (TPSA) is 29.9 Å². The van der Waals surface area contributed by atoms with Crippen LogP contribution in [0, 0.1) is 5.92 Å². The lowest BCUT2D eigenvalue weighted by Gasteiger charge is -2.27. The molecule has 16 heavy (non-hydrogen) atoms. The third kappa shape index (κ3) is 2.85. The Balaban J connectivity index is 1.79. The third-order valence-corrected chi connectivity index (χ3v) is 3.68. The Bertz CT molecular complexity index is 311. The van der Waals surface area contributed by atoms with E-state index in [0.29, 0.717) is 6.04 Å². The Labute approximate surface area is 98.3 Å². The first-order valence-corrected chi connectivity index (χ1v) is 6.53. The minimum absolute atomic E-state index is 0.717. The van der Waals surface area contributed by atoms with Gasteiger partial charge in [0.25, 0.3) is 0 Å². The first kappa shape index (κ1) is 11.6. The van der Waals surface area contributed by atoms with Crippen LogP contribution in [0.2, 0.25) is 0 Å². The molecule has 1 N–H and O–H groups in total. The van der Waals surface area contributed by atoms with Crippen LogP contribution in [0.1, 0.15) is 38.9 Å². The maximum absolute atomic E-state index is 4.43. The summed E-state index contributed by atoms with van der Waals surface area (Å²) in [4.78, 5) is 4.43. The number of rotatable bonds is 4. The van der Waals surface area contributed by atoms with Gasteiger partial charge in [0, 0.05) is 31.4 Å². The van der Waals surface area contributed by atoms with Crippen LogP contribution in [0.5, 0.6) is 0 Å². The van der Waals surface area contributed by atoms with Crippen molar-refractivity contribution in [3.63, 3.8) is 0 Å².